The minimum Gasteiger partial charge on any atom is -0.497 e. The molecule has 1 fully saturated rings. The van der Waals surface area contributed by atoms with Crippen LogP contribution in [0.4, 0.5) is 0 Å². The van der Waals surface area contributed by atoms with Crippen LogP contribution >= 0.6 is 0 Å². The number of fused-ring (bicyclic) bond motifs is 1. The van der Waals surface area contributed by atoms with Gasteiger partial charge in [0.25, 0.3) is 0 Å². The highest BCUT2D eigenvalue weighted by Gasteiger charge is 2.36. The molecule has 0 saturated carbocycles. The summed E-state index contributed by atoms with van der Waals surface area (Å²) in [6.45, 7) is 2.26. The molecule has 2 aliphatic rings. The van der Waals surface area contributed by atoms with Gasteiger partial charge in [-0.15, -0.1) is 0 Å². The van der Waals surface area contributed by atoms with Crippen LogP contribution in [0.2, 0.25) is 0 Å². The predicted molar refractivity (Wildman–Crippen MR) is 50.1 cm³/mol. The zero-order chi connectivity index (χ0) is 10.1. The number of allylic oxidation sites excluding steroid dienone is 2. The molecule has 2 atom stereocenters. The largest absolute Gasteiger partial charge is 0.497 e. The average Bonchev–Trinajstić information content (AvgIpc) is 2.63. The first kappa shape index (κ1) is 9.26. The van der Waals surface area contributed by atoms with Gasteiger partial charge in [0.2, 0.25) is 0 Å². The molecule has 2 unspecified atom stereocenters. The lowest BCUT2D eigenvalue weighted by Gasteiger charge is -2.23. The number of nitriles is 1. The summed E-state index contributed by atoms with van der Waals surface area (Å²) in [5, 5.41) is 9.02. The Morgan fingerprint density at radius 3 is 2.93 bits per heavy atom. The van der Waals surface area contributed by atoms with E-state index in [4.69, 9.17) is 10.00 Å². The molecule has 0 radical (unpaired) electrons. The van der Waals surface area contributed by atoms with Crippen LogP contribution in [0.5, 0.6) is 0 Å². The molecule has 1 aliphatic heterocycles. The molecular weight excluding hydrogens is 178 g/mol. The lowest BCUT2D eigenvalue weighted by molar-refractivity contribution is -0.120. The summed E-state index contributed by atoms with van der Waals surface area (Å²) in [6.07, 6.45) is 2.81. The van der Waals surface area contributed by atoms with E-state index in [9.17, 15) is 4.79 Å². The number of hydrogen-bond acceptors (Lipinski definition) is 3. The Kier molecular flexibility index (Phi) is 2.28. The van der Waals surface area contributed by atoms with Crippen LogP contribution in [-0.4, -0.2) is 12.4 Å². The van der Waals surface area contributed by atoms with Crippen LogP contribution in [0.3, 0.4) is 0 Å². The highest BCUT2D eigenvalue weighted by molar-refractivity contribution is 5.82. The molecule has 0 N–H and O–H groups in total. The SMILES string of the molecule is CC(=O)C1CCC2CCOC2=C1C#N. The fourth-order valence-electron chi connectivity index (χ4n) is 2.36. The van der Waals surface area contributed by atoms with E-state index in [-0.39, 0.29) is 11.7 Å². The Morgan fingerprint density at radius 1 is 1.50 bits per heavy atom. The van der Waals surface area contributed by atoms with Gasteiger partial charge in [0, 0.05) is 5.92 Å². The monoisotopic (exact) mass is 191 g/mol. The third-order valence-electron chi connectivity index (χ3n) is 3.12. The summed E-state index contributed by atoms with van der Waals surface area (Å²) in [6, 6.07) is 2.14. The van der Waals surface area contributed by atoms with Gasteiger partial charge >= 0.3 is 0 Å². The molecule has 0 aromatic heterocycles. The number of hydrogen-bond donors (Lipinski definition) is 0. The minimum absolute atomic E-state index is 0.0861. The first-order chi connectivity index (χ1) is 6.74. The normalized spacial score (nSPS) is 30.6. The Bertz CT molecular complexity index is 338. The standard InChI is InChI=1S/C11H13NO2/c1-7(13)9-3-2-8-4-5-14-11(8)10(9)6-12/h8-9H,2-5H2,1H3. The number of ketones is 1. The Hall–Kier alpha value is -1.30. The van der Waals surface area contributed by atoms with E-state index in [0.717, 1.165) is 25.0 Å². The molecule has 0 amide bonds. The van der Waals surface area contributed by atoms with Crippen LogP contribution in [-0.2, 0) is 9.53 Å². The van der Waals surface area contributed by atoms with E-state index in [1.165, 1.54) is 0 Å². The zero-order valence-corrected chi connectivity index (χ0v) is 8.25. The van der Waals surface area contributed by atoms with Crippen molar-refractivity contribution in [1.29, 1.82) is 5.26 Å². The van der Waals surface area contributed by atoms with Crippen molar-refractivity contribution in [3.8, 4) is 6.07 Å². The van der Waals surface area contributed by atoms with Gasteiger partial charge in [-0.2, -0.15) is 5.26 Å². The first-order valence-electron chi connectivity index (χ1n) is 5.01. The summed E-state index contributed by atoms with van der Waals surface area (Å²) < 4.78 is 5.45. The summed E-state index contributed by atoms with van der Waals surface area (Å²) in [7, 11) is 0. The van der Waals surface area contributed by atoms with Gasteiger partial charge in [-0.05, 0) is 26.2 Å². The number of ether oxygens (including phenoxy) is 1. The molecule has 3 heteroatoms. The first-order valence-corrected chi connectivity index (χ1v) is 5.01. The van der Waals surface area contributed by atoms with Crippen molar-refractivity contribution in [2.45, 2.75) is 26.2 Å². The maximum Gasteiger partial charge on any atom is 0.138 e. The Morgan fingerprint density at radius 2 is 2.29 bits per heavy atom. The molecule has 0 bridgehead atoms. The van der Waals surface area contributed by atoms with Gasteiger partial charge in [-0.25, -0.2) is 0 Å². The molecule has 0 spiro atoms. The molecule has 2 rings (SSSR count). The molecular formula is C11H13NO2. The fraction of sp³-hybridized carbons (Fsp3) is 0.636. The Balaban J connectivity index is 2.38. The zero-order valence-electron chi connectivity index (χ0n) is 8.25. The molecule has 1 heterocycles. The van der Waals surface area contributed by atoms with Gasteiger partial charge < -0.3 is 4.74 Å². The highest BCUT2D eigenvalue weighted by Crippen LogP contribution is 2.40. The molecule has 0 aromatic rings. The van der Waals surface area contributed by atoms with E-state index in [0.29, 0.717) is 18.1 Å². The second-order valence-corrected chi connectivity index (χ2v) is 3.96. The maximum atomic E-state index is 11.3. The van der Waals surface area contributed by atoms with Crippen molar-refractivity contribution >= 4 is 5.78 Å². The molecule has 0 aromatic carbocycles. The van der Waals surface area contributed by atoms with Crippen molar-refractivity contribution < 1.29 is 9.53 Å². The van der Waals surface area contributed by atoms with E-state index in [1.807, 2.05) is 0 Å². The van der Waals surface area contributed by atoms with Gasteiger partial charge in [-0.3, -0.25) is 4.79 Å². The summed E-state index contributed by atoms with van der Waals surface area (Å²) >= 11 is 0. The van der Waals surface area contributed by atoms with E-state index in [1.54, 1.807) is 6.92 Å². The van der Waals surface area contributed by atoms with E-state index < -0.39 is 0 Å². The maximum absolute atomic E-state index is 11.3. The van der Waals surface area contributed by atoms with Crippen LogP contribution in [0.25, 0.3) is 0 Å². The van der Waals surface area contributed by atoms with E-state index in [2.05, 4.69) is 6.07 Å². The van der Waals surface area contributed by atoms with Gasteiger partial charge in [0.1, 0.15) is 11.5 Å². The molecule has 1 aliphatic carbocycles. The van der Waals surface area contributed by atoms with Gasteiger partial charge in [-0.1, -0.05) is 0 Å². The van der Waals surface area contributed by atoms with Crippen molar-refractivity contribution in [3.63, 3.8) is 0 Å². The minimum atomic E-state index is -0.204. The van der Waals surface area contributed by atoms with Crippen molar-refractivity contribution in [2.75, 3.05) is 6.61 Å². The van der Waals surface area contributed by atoms with Gasteiger partial charge in [0.15, 0.2) is 0 Å². The summed E-state index contributed by atoms with van der Waals surface area (Å²) in [5.74, 6) is 1.09. The van der Waals surface area contributed by atoms with Crippen LogP contribution in [0.15, 0.2) is 11.3 Å². The smallest absolute Gasteiger partial charge is 0.138 e. The van der Waals surface area contributed by atoms with Crippen LogP contribution in [0, 0.1) is 23.2 Å². The second-order valence-electron chi connectivity index (χ2n) is 3.96. The molecule has 74 valence electrons. The van der Waals surface area contributed by atoms with Gasteiger partial charge in [0.05, 0.1) is 24.2 Å². The summed E-state index contributed by atoms with van der Waals surface area (Å²) in [4.78, 5) is 11.3. The van der Waals surface area contributed by atoms with Crippen LogP contribution < -0.4 is 0 Å². The molecule has 3 nitrogen and oxygen atoms in total. The average molecular weight is 191 g/mol. The Labute approximate surface area is 83.4 Å². The topological polar surface area (TPSA) is 50.1 Å². The highest BCUT2D eigenvalue weighted by atomic mass is 16.5. The van der Waals surface area contributed by atoms with Crippen molar-refractivity contribution in [3.05, 3.63) is 11.3 Å². The van der Waals surface area contributed by atoms with Crippen LogP contribution in [0.1, 0.15) is 26.2 Å². The molecule has 14 heavy (non-hydrogen) atoms. The predicted octanol–water partition coefficient (Wildman–Crippen LogP) is 1.80. The number of carbonyl (C=O) groups is 1. The van der Waals surface area contributed by atoms with E-state index >= 15 is 0 Å². The number of nitrogens with zero attached hydrogens (tertiary/aromatic N) is 1. The van der Waals surface area contributed by atoms with Crippen molar-refractivity contribution in [2.24, 2.45) is 11.8 Å². The van der Waals surface area contributed by atoms with Crippen molar-refractivity contribution in [1.82, 2.24) is 0 Å². The lowest BCUT2D eigenvalue weighted by Crippen LogP contribution is -2.22. The number of carbonyl (C=O) groups excluding carboxylic acids is 1. The third-order valence-corrected chi connectivity index (χ3v) is 3.12. The summed E-state index contributed by atoms with van der Waals surface area (Å²) in [5.41, 5.74) is 0.589. The number of Topliss-reactive ketones (excluding diaryl/α,β-unsaturated/α-hetero) is 1. The molecule has 1 saturated heterocycles. The third kappa shape index (κ3) is 1.31. The second kappa shape index (κ2) is 3.45. The quantitative estimate of drug-likeness (QED) is 0.635. The fourth-order valence-corrected chi connectivity index (χ4v) is 2.36. The lowest BCUT2D eigenvalue weighted by atomic mass is 9.79. The number of rotatable bonds is 1.